The van der Waals surface area contributed by atoms with E-state index in [2.05, 4.69) is 12.2 Å². The Bertz CT molecular complexity index is 518. The molecule has 1 aliphatic rings. The third kappa shape index (κ3) is 4.74. The van der Waals surface area contributed by atoms with Crippen LogP contribution in [-0.4, -0.2) is 24.5 Å². The molecule has 1 aromatic rings. The van der Waals surface area contributed by atoms with Crippen LogP contribution >= 0.6 is 11.6 Å². The van der Waals surface area contributed by atoms with E-state index >= 15 is 0 Å². The molecule has 1 saturated carbocycles. The smallest absolute Gasteiger partial charge is 0.338 e. The van der Waals surface area contributed by atoms with E-state index in [1.54, 1.807) is 18.2 Å². The Morgan fingerprint density at radius 3 is 2.81 bits per heavy atom. The van der Waals surface area contributed by atoms with E-state index in [4.69, 9.17) is 16.3 Å². The number of hydrogen-bond acceptors (Lipinski definition) is 3. The Morgan fingerprint density at radius 2 is 2.10 bits per heavy atom. The Labute approximate surface area is 129 Å². The molecule has 0 aliphatic heterocycles. The lowest BCUT2D eigenvalue weighted by molar-refractivity contribution is -0.125. The third-order valence-electron chi connectivity index (χ3n) is 3.85. The number of benzene rings is 1. The molecule has 0 aromatic heterocycles. The molecule has 1 amide bonds. The summed E-state index contributed by atoms with van der Waals surface area (Å²) in [5.41, 5.74) is 0.348. The van der Waals surface area contributed by atoms with Gasteiger partial charge in [-0.1, -0.05) is 37.4 Å². The van der Waals surface area contributed by atoms with Gasteiger partial charge in [-0.3, -0.25) is 4.79 Å². The topological polar surface area (TPSA) is 55.4 Å². The van der Waals surface area contributed by atoms with Crippen LogP contribution in [0.15, 0.2) is 24.3 Å². The monoisotopic (exact) mass is 309 g/mol. The highest BCUT2D eigenvalue weighted by Gasteiger charge is 2.23. The van der Waals surface area contributed by atoms with Crippen molar-refractivity contribution in [3.8, 4) is 0 Å². The highest BCUT2D eigenvalue weighted by Crippen LogP contribution is 2.23. The van der Waals surface area contributed by atoms with E-state index in [9.17, 15) is 9.59 Å². The van der Waals surface area contributed by atoms with Crippen molar-refractivity contribution in [3.63, 3.8) is 0 Å². The van der Waals surface area contributed by atoms with Gasteiger partial charge in [0, 0.05) is 11.1 Å². The Morgan fingerprint density at radius 1 is 1.33 bits per heavy atom. The lowest BCUT2D eigenvalue weighted by Crippen LogP contribution is -2.42. The summed E-state index contributed by atoms with van der Waals surface area (Å²) in [5, 5.41) is 3.41. The van der Waals surface area contributed by atoms with Gasteiger partial charge in [0.2, 0.25) is 0 Å². The average molecular weight is 310 g/mol. The molecule has 2 rings (SSSR count). The Kier molecular flexibility index (Phi) is 5.62. The molecule has 2 atom stereocenters. The zero-order chi connectivity index (χ0) is 15.2. The minimum Gasteiger partial charge on any atom is -0.452 e. The standard InChI is InChI=1S/C16H20ClNO3/c1-11-5-2-3-8-14(11)18-15(19)10-21-16(20)12-6-4-7-13(17)9-12/h4,6-7,9,11,14H,2-3,5,8,10H2,1H3,(H,18,19)/t11-,14-/m1/s1. The summed E-state index contributed by atoms with van der Waals surface area (Å²) in [4.78, 5) is 23.6. The van der Waals surface area contributed by atoms with Gasteiger partial charge >= 0.3 is 5.97 Å². The van der Waals surface area contributed by atoms with Crippen molar-refractivity contribution in [2.45, 2.75) is 38.6 Å². The maximum Gasteiger partial charge on any atom is 0.338 e. The van der Waals surface area contributed by atoms with Crippen LogP contribution in [0.3, 0.4) is 0 Å². The summed E-state index contributed by atoms with van der Waals surface area (Å²) in [5.74, 6) is -0.306. The predicted molar refractivity (Wildman–Crippen MR) is 81.3 cm³/mol. The van der Waals surface area contributed by atoms with Crippen molar-refractivity contribution in [2.24, 2.45) is 5.92 Å². The second kappa shape index (κ2) is 7.46. The molecule has 1 aromatic carbocycles. The number of halogens is 1. The number of rotatable bonds is 4. The summed E-state index contributed by atoms with van der Waals surface area (Å²) >= 11 is 5.81. The minimum atomic E-state index is -0.538. The normalized spacial score (nSPS) is 21.6. The Balaban J connectivity index is 1.79. The summed E-state index contributed by atoms with van der Waals surface area (Å²) in [6.45, 7) is 1.89. The van der Waals surface area contributed by atoms with Gasteiger partial charge in [-0.25, -0.2) is 4.79 Å². The number of carbonyl (C=O) groups is 2. The van der Waals surface area contributed by atoms with Crippen LogP contribution in [-0.2, 0) is 9.53 Å². The fraction of sp³-hybridized carbons (Fsp3) is 0.500. The molecule has 21 heavy (non-hydrogen) atoms. The first-order valence-electron chi connectivity index (χ1n) is 7.28. The molecular formula is C16H20ClNO3. The Hall–Kier alpha value is -1.55. The molecule has 0 unspecified atom stereocenters. The fourth-order valence-electron chi connectivity index (χ4n) is 2.61. The largest absolute Gasteiger partial charge is 0.452 e. The number of amides is 1. The van der Waals surface area contributed by atoms with Gasteiger partial charge in [0.1, 0.15) is 0 Å². The first-order valence-corrected chi connectivity index (χ1v) is 7.66. The molecule has 5 heteroatoms. The quantitative estimate of drug-likeness (QED) is 0.869. The minimum absolute atomic E-state index is 0.191. The number of nitrogens with one attached hydrogen (secondary N) is 1. The number of ether oxygens (including phenoxy) is 1. The molecule has 0 heterocycles. The van der Waals surface area contributed by atoms with Gasteiger partial charge in [-0.15, -0.1) is 0 Å². The molecule has 114 valence electrons. The van der Waals surface area contributed by atoms with Crippen molar-refractivity contribution in [1.82, 2.24) is 5.32 Å². The van der Waals surface area contributed by atoms with E-state index in [1.165, 1.54) is 12.5 Å². The van der Waals surface area contributed by atoms with Crippen molar-refractivity contribution in [2.75, 3.05) is 6.61 Å². The molecule has 0 radical (unpaired) electrons. The van der Waals surface area contributed by atoms with Crippen LogP contribution in [0.25, 0.3) is 0 Å². The van der Waals surface area contributed by atoms with Crippen molar-refractivity contribution >= 4 is 23.5 Å². The maximum absolute atomic E-state index is 11.8. The van der Waals surface area contributed by atoms with Crippen LogP contribution in [0.5, 0.6) is 0 Å². The van der Waals surface area contributed by atoms with Gasteiger partial charge in [-0.05, 0) is 37.0 Å². The van der Waals surface area contributed by atoms with Gasteiger partial charge in [-0.2, -0.15) is 0 Å². The molecular weight excluding hydrogens is 290 g/mol. The molecule has 4 nitrogen and oxygen atoms in total. The van der Waals surface area contributed by atoms with Gasteiger partial charge in [0.15, 0.2) is 6.61 Å². The lowest BCUT2D eigenvalue weighted by atomic mass is 9.86. The van der Waals surface area contributed by atoms with E-state index < -0.39 is 5.97 Å². The predicted octanol–water partition coefficient (Wildman–Crippen LogP) is 3.19. The van der Waals surface area contributed by atoms with E-state index in [0.29, 0.717) is 16.5 Å². The molecule has 1 fully saturated rings. The average Bonchev–Trinajstić information content (AvgIpc) is 2.47. The first-order chi connectivity index (χ1) is 10.1. The molecule has 1 N–H and O–H groups in total. The van der Waals surface area contributed by atoms with Crippen LogP contribution in [0, 0.1) is 5.92 Å². The van der Waals surface area contributed by atoms with Crippen LogP contribution in [0.4, 0.5) is 0 Å². The summed E-state index contributed by atoms with van der Waals surface area (Å²) < 4.78 is 5.01. The number of esters is 1. The highest BCUT2D eigenvalue weighted by atomic mass is 35.5. The van der Waals surface area contributed by atoms with E-state index in [1.807, 2.05) is 0 Å². The van der Waals surface area contributed by atoms with Gasteiger partial charge in [0.05, 0.1) is 5.56 Å². The zero-order valence-corrected chi connectivity index (χ0v) is 12.9. The van der Waals surface area contributed by atoms with E-state index in [-0.39, 0.29) is 18.6 Å². The second-order valence-electron chi connectivity index (χ2n) is 5.52. The third-order valence-corrected chi connectivity index (χ3v) is 4.09. The van der Waals surface area contributed by atoms with E-state index in [0.717, 1.165) is 19.3 Å². The summed E-state index contributed by atoms with van der Waals surface area (Å²) in [6.07, 6.45) is 4.48. The lowest BCUT2D eigenvalue weighted by Gasteiger charge is -2.29. The molecule has 1 aliphatic carbocycles. The van der Waals surface area contributed by atoms with Crippen LogP contribution in [0.2, 0.25) is 5.02 Å². The van der Waals surface area contributed by atoms with Gasteiger partial charge < -0.3 is 10.1 Å². The van der Waals surface area contributed by atoms with Crippen molar-refractivity contribution < 1.29 is 14.3 Å². The summed E-state index contributed by atoms with van der Waals surface area (Å²) in [7, 11) is 0. The molecule has 0 bridgehead atoms. The number of carbonyl (C=O) groups excluding carboxylic acids is 2. The summed E-state index contributed by atoms with van der Waals surface area (Å²) in [6, 6.07) is 6.66. The highest BCUT2D eigenvalue weighted by molar-refractivity contribution is 6.30. The molecule has 0 spiro atoms. The van der Waals surface area contributed by atoms with Crippen molar-refractivity contribution in [1.29, 1.82) is 0 Å². The zero-order valence-electron chi connectivity index (χ0n) is 12.1. The maximum atomic E-state index is 11.8. The van der Waals surface area contributed by atoms with Crippen molar-refractivity contribution in [3.05, 3.63) is 34.9 Å². The van der Waals surface area contributed by atoms with Crippen LogP contribution in [0.1, 0.15) is 43.0 Å². The van der Waals surface area contributed by atoms with Crippen LogP contribution < -0.4 is 5.32 Å². The second-order valence-corrected chi connectivity index (χ2v) is 5.96. The van der Waals surface area contributed by atoms with Gasteiger partial charge in [0.25, 0.3) is 5.91 Å². The fourth-order valence-corrected chi connectivity index (χ4v) is 2.80. The number of hydrogen-bond donors (Lipinski definition) is 1. The first kappa shape index (κ1) is 15.8. The SMILES string of the molecule is C[C@@H]1CCCC[C@H]1NC(=O)COC(=O)c1cccc(Cl)c1. The molecule has 0 saturated heterocycles.